The fraction of sp³-hybridized carbons (Fsp3) is 0.391. The molecule has 1 unspecified atom stereocenters. The van der Waals surface area contributed by atoms with Crippen LogP contribution in [0.25, 0.3) is 0 Å². The van der Waals surface area contributed by atoms with Crippen molar-refractivity contribution in [3.05, 3.63) is 63.7 Å². The zero-order chi connectivity index (χ0) is 21.5. The van der Waals surface area contributed by atoms with Crippen LogP contribution in [-0.2, 0) is 26.5 Å². The van der Waals surface area contributed by atoms with Crippen LogP contribution in [0.3, 0.4) is 0 Å². The number of hydrogen-bond donors (Lipinski definition) is 0. The maximum atomic E-state index is 13.8. The SMILES string of the molecule is CCN(CC)CCN1C(=O)C2(OCc3ccccc32)c2c(Cl)cc(C(=O)OC)cc21. The van der Waals surface area contributed by atoms with E-state index in [0.29, 0.717) is 41.5 Å². The van der Waals surface area contributed by atoms with E-state index in [2.05, 4.69) is 18.7 Å². The average molecular weight is 429 g/mol. The number of likely N-dealkylation sites (N-methyl/N-ethyl adjacent to an activating group) is 1. The largest absolute Gasteiger partial charge is 0.465 e. The van der Waals surface area contributed by atoms with Gasteiger partial charge in [-0.1, -0.05) is 49.7 Å². The van der Waals surface area contributed by atoms with Gasteiger partial charge in [-0.25, -0.2) is 4.79 Å². The second kappa shape index (κ2) is 8.02. The molecule has 0 saturated heterocycles. The van der Waals surface area contributed by atoms with Crippen molar-refractivity contribution >= 4 is 29.2 Å². The number of nitrogens with zero attached hydrogens (tertiary/aromatic N) is 2. The minimum Gasteiger partial charge on any atom is -0.465 e. The van der Waals surface area contributed by atoms with Crippen molar-refractivity contribution < 1.29 is 19.1 Å². The fourth-order valence-corrected chi connectivity index (χ4v) is 4.78. The highest BCUT2D eigenvalue weighted by molar-refractivity contribution is 6.34. The van der Waals surface area contributed by atoms with E-state index >= 15 is 0 Å². The monoisotopic (exact) mass is 428 g/mol. The Morgan fingerprint density at radius 2 is 2.00 bits per heavy atom. The first-order valence-electron chi connectivity index (χ1n) is 10.2. The fourth-order valence-electron chi connectivity index (χ4n) is 4.44. The molecular formula is C23H25ClN2O4. The van der Waals surface area contributed by atoms with Crippen molar-refractivity contribution in [3.63, 3.8) is 0 Å². The lowest BCUT2D eigenvalue weighted by Gasteiger charge is -2.26. The molecule has 0 aromatic heterocycles. The van der Waals surface area contributed by atoms with Gasteiger partial charge in [-0.05, 0) is 30.8 Å². The van der Waals surface area contributed by atoms with Gasteiger partial charge in [0.05, 0.1) is 30.0 Å². The first-order chi connectivity index (χ1) is 14.5. The Morgan fingerprint density at radius 1 is 1.27 bits per heavy atom. The van der Waals surface area contributed by atoms with Crippen molar-refractivity contribution in [2.45, 2.75) is 26.1 Å². The summed E-state index contributed by atoms with van der Waals surface area (Å²) in [5, 5.41) is 0.322. The molecule has 2 aliphatic heterocycles. The van der Waals surface area contributed by atoms with Gasteiger partial charge in [0, 0.05) is 24.2 Å². The molecule has 158 valence electrons. The van der Waals surface area contributed by atoms with Crippen molar-refractivity contribution in [1.82, 2.24) is 4.90 Å². The Bertz CT molecular complexity index is 1000. The molecule has 1 atom stereocenters. The molecule has 7 heteroatoms. The van der Waals surface area contributed by atoms with Crippen molar-refractivity contribution in [2.24, 2.45) is 0 Å². The van der Waals surface area contributed by atoms with Gasteiger partial charge in [0.2, 0.25) is 5.60 Å². The normalized spacial score (nSPS) is 19.5. The van der Waals surface area contributed by atoms with Gasteiger partial charge in [0.15, 0.2) is 0 Å². The second-order valence-electron chi connectivity index (χ2n) is 7.45. The van der Waals surface area contributed by atoms with Gasteiger partial charge in [0.25, 0.3) is 5.91 Å². The van der Waals surface area contributed by atoms with Crippen LogP contribution in [0.4, 0.5) is 5.69 Å². The lowest BCUT2D eigenvalue weighted by atomic mass is 9.86. The number of amides is 1. The average Bonchev–Trinajstić information content (AvgIpc) is 3.26. The third-order valence-electron chi connectivity index (χ3n) is 6.05. The molecule has 1 amide bonds. The number of carbonyl (C=O) groups is 2. The van der Waals surface area contributed by atoms with Crippen LogP contribution in [0, 0.1) is 0 Å². The maximum absolute atomic E-state index is 13.8. The maximum Gasteiger partial charge on any atom is 0.337 e. The summed E-state index contributed by atoms with van der Waals surface area (Å²) < 4.78 is 11.1. The Labute approximate surface area is 181 Å². The summed E-state index contributed by atoms with van der Waals surface area (Å²) in [6, 6.07) is 11.0. The standard InChI is InChI=1S/C23H25ClN2O4/c1-4-25(5-2)10-11-26-19-13-16(21(27)29-3)12-18(24)20(19)23(22(26)28)17-9-7-6-8-15(17)14-30-23/h6-9,12-13H,4-5,10-11,14H2,1-3H3. The number of halogens is 1. The van der Waals surface area contributed by atoms with Crippen LogP contribution < -0.4 is 4.90 Å². The van der Waals surface area contributed by atoms with E-state index in [1.165, 1.54) is 7.11 Å². The van der Waals surface area contributed by atoms with Gasteiger partial charge < -0.3 is 19.3 Å². The van der Waals surface area contributed by atoms with Crippen LogP contribution in [0.2, 0.25) is 5.02 Å². The van der Waals surface area contributed by atoms with Crippen molar-refractivity contribution in [1.29, 1.82) is 0 Å². The lowest BCUT2D eigenvalue weighted by Crippen LogP contribution is -2.44. The lowest BCUT2D eigenvalue weighted by molar-refractivity contribution is -0.136. The number of ether oxygens (including phenoxy) is 2. The molecule has 6 nitrogen and oxygen atoms in total. The Kier molecular flexibility index (Phi) is 5.57. The number of esters is 1. The van der Waals surface area contributed by atoms with Crippen LogP contribution >= 0.6 is 11.6 Å². The molecule has 4 rings (SSSR count). The second-order valence-corrected chi connectivity index (χ2v) is 7.86. The molecule has 0 fully saturated rings. The summed E-state index contributed by atoms with van der Waals surface area (Å²) >= 11 is 6.68. The van der Waals surface area contributed by atoms with Crippen molar-refractivity contribution in [2.75, 3.05) is 38.2 Å². The molecule has 0 radical (unpaired) electrons. The third-order valence-corrected chi connectivity index (χ3v) is 6.35. The molecule has 30 heavy (non-hydrogen) atoms. The Hall–Kier alpha value is -2.41. The quantitative estimate of drug-likeness (QED) is 0.658. The van der Waals surface area contributed by atoms with E-state index in [1.54, 1.807) is 17.0 Å². The Morgan fingerprint density at radius 3 is 2.70 bits per heavy atom. The molecule has 2 heterocycles. The van der Waals surface area contributed by atoms with E-state index in [-0.39, 0.29) is 5.91 Å². The van der Waals surface area contributed by atoms with E-state index in [1.807, 2.05) is 24.3 Å². The smallest absolute Gasteiger partial charge is 0.337 e. The number of anilines is 1. The van der Waals surface area contributed by atoms with Gasteiger partial charge in [0.1, 0.15) is 0 Å². The first-order valence-corrected chi connectivity index (χ1v) is 10.5. The molecule has 2 aromatic rings. The van der Waals surface area contributed by atoms with E-state index in [0.717, 1.165) is 24.2 Å². The predicted octanol–water partition coefficient (Wildman–Crippen LogP) is 3.59. The van der Waals surface area contributed by atoms with Crippen LogP contribution in [-0.4, -0.2) is 50.1 Å². The molecular weight excluding hydrogens is 404 g/mol. The highest BCUT2D eigenvalue weighted by Crippen LogP contribution is 2.54. The highest BCUT2D eigenvalue weighted by Gasteiger charge is 2.58. The molecule has 2 aliphatic rings. The van der Waals surface area contributed by atoms with E-state index in [9.17, 15) is 9.59 Å². The first kappa shape index (κ1) is 20.8. The number of rotatable bonds is 6. The third kappa shape index (κ3) is 3.02. The topological polar surface area (TPSA) is 59.1 Å². The van der Waals surface area contributed by atoms with Gasteiger partial charge >= 0.3 is 5.97 Å². The number of benzene rings is 2. The van der Waals surface area contributed by atoms with Gasteiger partial charge in [-0.15, -0.1) is 0 Å². The Balaban J connectivity index is 1.87. The highest BCUT2D eigenvalue weighted by atomic mass is 35.5. The summed E-state index contributed by atoms with van der Waals surface area (Å²) in [4.78, 5) is 30.0. The summed E-state index contributed by atoms with van der Waals surface area (Å²) in [7, 11) is 1.32. The number of fused-ring (bicyclic) bond motifs is 4. The number of carbonyl (C=O) groups excluding carboxylic acids is 2. The van der Waals surface area contributed by atoms with Crippen LogP contribution in [0.1, 0.15) is 40.9 Å². The van der Waals surface area contributed by atoms with Gasteiger partial charge in [-0.2, -0.15) is 0 Å². The van der Waals surface area contributed by atoms with Crippen LogP contribution in [0.15, 0.2) is 36.4 Å². The molecule has 0 N–H and O–H groups in total. The summed E-state index contributed by atoms with van der Waals surface area (Å²) in [5.74, 6) is -0.664. The molecule has 0 bridgehead atoms. The van der Waals surface area contributed by atoms with Crippen LogP contribution in [0.5, 0.6) is 0 Å². The number of hydrogen-bond acceptors (Lipinski definition) is 5. The summed E-state index contributed by atoms with van der Waals surface area (Å²) in [6.07, 6.45) is 0. The summed E-state index contributed by atoms with van der Waals surface area (Å²) in [6.45, 7) is 7.47. The summed E-state index contributed by atoms with van der Waals surface area (Å²) in [5.41, 5.74) is 2.03. The van der Waals surface area contributed by atoms with E-state index in [4.69, 9.17) is 21.1 Å². The minimum atomic E-state index is -1.28. The molecule has 2 aromatic carbocycles. The molecule has 0 saturated carbocycles. The van der Waals surface area contributed by atoms with Crippen molar-refractivity contribution in [3.8, 4) is 0 Å². The zero-order valence-corrected chi connectivity index (χ0v) is 18.2. The zero-order valence-electron chi connectivity index (χ0n) is 17.4. The minimum absolute atomic E-state index is 0.168. The predicted molar refractivity (Wildman–Crippen MR) is 115 cm³/mol. The molecule has 1 spiro atoms. The molecule has 0 aliphatic carbocycles. The number of methoxy groups -OCH3 is 1. The van der Waals surface area contributed by atoms with Gasteiger partial charge in [-0.3, -0.25) is 4.79 Å². The van der Waals surface area contributed by atoms with E-state index < -0.39 is 11.6 Å².